The summed E-state index contributed by atoms with van der Waals surface area (Å²) in [6.45, 7) is 0. The molecule has 0 amide bonds. The van der Waals surface area contributed by atoms with Gasteiger partial charge in [0.2, 0.25) is 5.88 Å². The van der Waals surface area contributed by atoms with Gasteiger partial charge in [-0.1, -0.05) is 49.6 Å². The molecule has 1 saturated carbocycles. The number of benzene rings is 2. The van der Waals surface area contributed by atoms with Gasteiger partial charge in [-0.3, -0.25) is 9.36 Å². The smallest absolute Gasteiger partial charge is 0.261 e. The van der Waals surface area contributed by atoms with Gasteiger partial charge in [-0.25, -0.2) is 9.97 Å². The fraction of sp³-hybridized carbons (Fsp3) is 0.320. The average Bonchev–Trinajstić information content (AvgIpc) is 2.81. The fourth-order valence-corrected chi connectivity index (χ4v) is 4.67. The zero-order valence-corrected chi connectivity index (χ0v) is 17.2. The van der Waals surface area contributed by atoms with E-state index in [9.17, 15) is 4.79 Å². The van der Waals surface area contributed by atoms with Gasteiger partial charge in [-0.2, -0.15) is 0 Å². The van der Waals surface area contributed by atoms with Crippen LogP contribution < -0.4 is 10.3 Å². The van der Waals surface area contributed by atoms with Crippen molar-refractivity contribution in [2.24, 2.45) is 0 Å². The van der Waals surface area contributed by atoms with Gasteiger partial charge in [0, 0.05) is 23.7 Å². The van der Waals surface area contributed by atoms with Gasteiger partial charge in [-0.15, -0.1) is 0 Å². The first-order valence-electron chi connectivity index (χ1n) is 10.6. The number of ether oxygens (including phenoxy) is 1. The second kappa shape index (κ2) is 7.90. The lowest BCUT2D eigenvalue weighted by Gasteiger charge is -2.24. The standard InChI is InChI=1S/C25H25N3O2/c1-30-23-12-11-17(15-26-23)13-18-14-22-24(21-10-6-5-9-20(18)21)27-16-28(25(22)29)19-7-3-2-4-8-19/h5-6,9-12,14-16,19H,2-4,7-8,13H2,1H3. The van der Waals surface area contributed by atoms with Crippen molar-refractivity contribution in [3.63, 3.8) is 0 Å². The summed E-state index contributed by atoms with van der Waals surface area (Å²) in [6.07, 6.45) is 10.0. The Morgan fingerprint density at radius 3 is 2.53 bits per heavy atom. The monoisotopic (exact) mass is 399 g/mol. The molecule has 1 aliphatic carbocycles. The molecule has 0 bridgehead atoms. The largest absolute Gasteiger partial charge is 0.481 e. The maximum Gasteiger partial charge on any atom is 0.261 e. The maximum absolute atomic E-state index is 13.5. The minimum atomic E-state index is 0.0757. The molecule has 1 fully saturated rings. The number of nitrogens with zero attached hydrogens (tertiary/aromatic N) is 3. The molecule has 1 aliphatic rings. The van der Waals surface area contributed by atoms with Crippen LogP contribution in [0.2, 0.25) is 0 Å². The molecule has 0 unspecified atom stereocenters. The van der Waals surface area contributed by atoms with E-state index in [1.54, 1.807) is 13.4 Å². The van der Waals surface area contributed by atoms with Crippen LogP contribution in [0.25, 0.3) is 21.7 Å². The highest BCUT2D eigenvalue weighted by Gasteiger charge is 2.19. The highest BCUT2D eigenvalue weighted by atomic mass is 16.5. The summed E-state index contributed by atoms with van der Waals surface area (Å²) >= 11 is 0. The predicted molar refractivity (Wildman–Crippen MR) is 119 cm³/mol. The van der Waals surface area contributed by atoms with Crippen LogP contribution in [0.3, 0.4) is 0 Å². The molecular weight excluding hydrogens is 374 g/mol. The zero-order valence-electron chi connectivity index (χ0n) is 17.2. The molecule has 2 heterocycles. The quantitative estimate of drug-likeness (QED) is 0.451. The SMILES string of the molecule is COc1ccc(Cc2cc3c(=O)n(C4CCCCC4)cnc3c3ccccc23)cn1. The van der Waals surface area contributed by atoms with Crippen molar-refractivity contribution in [1.29, 1.82) is 0 Å². The normalized spacial score (nSPS) is 15.0. The van der Waals surface area contributed by atoms with Crippen molar-refractivity contribution in [1.82, 2.24) is 14.5 Å². The molecule has 30 heavy (non-hydrogen) atoms. The van der Waals surface area contributed by atoms with Crippen molar-refractivity contribution in [2.45, 2.75) is 44.6 Å². The Bertz CT molecular complexity index is 1260. The first-order chi connectivity index (χ1) is 14.7. The number of hydrogen-bond donors (Lipinski definition) is 0. The molecule has 0 atom stereocenters. The van der Waals surface area contributed by atoms with E-state index in [0.29, 0.717) is 17.7 Å². The predicted octanol–water partition coefficient (Wildman–Crippen LogP) is 5.05. The van der Waals surface area contributed by atoms with Crippen LogP contribution in [0, 0.1) is 0 Å². The molecule has 0 spiro atoms. The molecule has 0 aliphatic heterocycles. The Morgan fingerprint density at radius 1 is 1.00 bits per heavy atom. The highest BCUT2D eigenvalue weighted by molar-refractivity contribution is 6.06. The zero-order chi connectivity index (χ0) is 20.5. The molecule has 0 N–H and O–H groups in total. The van der Waals surface area contributed by atoms with Gasteiger partial charge in [0.05, 0.1) is 24.3 Å². The summed E-state index contributed by atoms with van der Waals surface area (Å²) in [5.74, 6) is 0.599. The molecule has 4 aromatic rings. The summed E-state index contributed by atoms with van der Waals surface area (Å²) in [4.78, 5) is 22.5. The topological polar surface area (TPSA) is 57.0 Å². The van der Waals surface area contributed by atoms with E-state index in [0.717, 1.165) is 40.3 Å². The summed E-state index contributed by atoms with van der Waals surface area (Å²) in [5.41, 5.74) is 3.06. The van der Waals surface area contributed by atoms with Crippen LogP contribution in [-0.2, 0) is 6.42 Å². The number of pyridine rings is 1. The van der Waals surface area contributed by atoms with Crippen LogP contribution in [0.15, 0.2) is 59.8 Å². The molecule has 152 valence electrons. The maximum atomic E-state index is 13.5. The average molecular weight is 399 g/mol. The lowest BCUT2D eigenvalue weighted by atomic mass is 9.94. The van der Waals surface area contributed by atoms with E-state index in [1.165, 1.54) is 19.3 Å². The Morgan fingerprint density at radius 2 is 1.80 bits per heavy atom. The van der Waals surface area contributed by atoms with Crippen LogP contribution in [0.5, 0.6) is 5.88 Å². The third-order valence-corrected chi connectivity index (χ3v) is 6.25. The van der Waals surface area contributed by atoms with Gasteiger partial charge < -0.3 is 4.74 Å². The van der Waals surface area contributed by atoms with Crippen LogP contribution in [0.4, 0.5) is 0 Å². The molecule has 5 nitrogen and oxygen atoms in total. The molecule has 2 aromatic heterocycles. The first-order valence-corrected chi connectivity index (χ1v) is 10.6. The third-order valence-electron chi connectivity index (χ3n) is 6.25. The summed E-state index contributed by atoms with van der Waals surface area (Å²) in [6, 6.07) is 14.4. The summed E-state index contributed by atoms with van der Waals surface area (Å²) in [5, 5.41) is 2.86. The molecular formula is C25H25N3O2. The lowest BCUT2D eigenvalue weighted by molar-refractivity contribution is 0.345. The first kappa shape index (κ1) is 18.8. The molecule has 2 aromatic carbocycles. The van der Waals surface area contributed by atoms with Crippen molar-refractivity contribution in [3.8, 4) is 5.88 Å². The number of hydrogen-bond acceptors (Lipinski definition) is 4. The highest BCUT2D eigenvalue weighted by Crippen LogP contribution is 2.30. The Hall–Kier alpha value is -3.21. The number of methoxy groups -OCH3 is 1. The van der Waals surface area contributed by atoms with E-state index < -0.39 is 0 Å². The van der Waals surface area contributed by atoms with Crippen LogP contribution in [-0.4, -0.2) is 21.6 Å². The van der Waals surface area contributed by atoms with Crippen LogP contribution >= 0.6 is 0 Å². The molecule has 5 heteroatoms. The number of rotatable bonds is 4. The summed E-state index contributed by atoms with van der Waals surface area (Å²) < 4.78 is 7.04. The van der Waals surface area contributed by atoms with Gasteiger partial charge in [0.1, 0.15) is 0 Å². The van der Waals surface area contributed by atoms with Crippen molar-refractivity contribution < 1.29 is 4.74 Å². The second-order valence-corrected chi connectivity index (χ2v) is 8.11. The fourth-order valence-electron chi connectivity index (χ4n) is 4.67. The Balaban J connectivity index is 1.66. The molecule has 0 saturated heterocycles. The van der Waals surface area contributed by atoms with E-state index in [1.807, 2.05) is 41.1 Å². The van der Waals surface area contributed by atoms with E-state index in [-0.39, 0.29) is 11.6 Å². The van der Waals surface area contributed by atoms with Crippen molar-refractivity contribution in [3.05, 3.63) is 76.5 Å². The molecule has 0 radical (unpaired) electrons. The van der Waals surface area contributed by atoms with E-state index in [2.05, 4.69) is 17.1 Å². The Labute approximate surface area is 175 Å². The summed E-state index contributed by atoms with van der Waals surface area (Å²) in [7, 11) is 1.61. The number of aromatic nitrogens is 3. The minimum absolute atomic E-state index is 0.0757. The van der Waals surface area contributed by atoms with Gasteiger partial charge in [0.25, 0.3) is 5.56 Å². The molecule has 5 rings (SSSR count). The van der Waals surface area contributed by atoms with Crippen molar-refractivity contribution >= 4 is 21.7 Å². The van der Waals surface area contributed by atoms with E-state index in [4.69, 9.17) is 9.72 Å². The Kier molecular flexibility index (Phi) is 4.95. The van der Waals surface area contributed by atoms with Gasteiger partial charge >= 0.3 is 0 Å². The lowest BCUT2D eigenvalue weighted by Crippen LogP contribution is -2.26. The minimum Gasteiger partial charge on any atom is -0.481 e. The van der Waals surface area contributed by atoms with Crippen LogP contribution in [0.1, 0.15) is 49.3 Å². The second-order valence-electron chi connectivity index (χ2n) is 8.11. The van der Waals surface area contributed by atoms with E-state index >= 15 is 0 Å². The van der Waals surface area contributed by atoms with Crippen molar-refractivity contribution in [2.75, 3.05) is 7.11 Å². The number of fused-ring (bicyclic) bond motifs is 3. The van der Waals surface area contributed by atoms with Gasteiger partial charge in [-0.05, 0) is 41.8 Å². The van der Waals surface area contributed by atoms with Gasteiger partial charge in [0.15, 0.2) is 0 Å². The third kappa shape index (κ3) is 3.34.